The zero-order chi connectivity index (χ0) is 17.5. The Kier molecular flexibility index (Phi) is 6.01. The second-order valence-electron chi connectivity index (χ2n) is 5.04. The number of ether oxygens (including phenoxy) is 2. The van der Waals surface area contributed by atoms with E-state index < -0.39 is 11.8 Å². The fourth-order valence-corrected chi connectivity index (χ4v) is 2.22. The molecule has 1 heterocycles. The Bertz CT molecular complexity index is 746. The smallest absolute Gasteiger partial charge is 0.344 e. The van der Waals surface area contributed by atoms with Crippen molar-refractivity contribution in [2.24, 2.45) is 0 Å². The number of aryl methyl sites for hydroxylation is 1. The van der Waals surface area contributed by atoms with Crippen LogP contribution >= 0.6 is 0 Å². The number of aromatic nitrogens is 1. The lowest BCUT2D eigenvalue weighted by Gasteiger charge is -2.12. The highest BCUT2D eigenvalue weighted by Gasteiger charge is 2.21. The predicted molar refractivity (Wildman–Crippen MR) is 86.1 cm³/mol. The van der Waals surface area contributed by atoms with Crippen LogP contribution in [0, 0.1) is 5.82 Å². The van der Waals surface area contributed by atoms with Crippen LogP contribution in [0.15, 0.2) is 30.5 Å². The van der Waals surface area contributed by atoms with Crippen molar-refractivity contribution in [1.82, 2.24) is 4.98 Å². The molecule has 0 saturated heterocycles. The molecule has 5 nitrogen and oxygen atoms in total. The molecule has 0 aliphatic carbocycles. The van der Waals surface area contributed by atoms with Gasteiger partial charge in [0.05, 0.1) is 6.61 Å². The van der Waals surface area contributed by atoms with Gasteiger partial charge < -0.3 is 9.47 Å². The van der Waals surface area contributed by atoms with E-state index in [1.165, 1.54) is 24.4 Å². The third-order valence-corrected chi connectivity index (χ3v) is 3.30. The molecule has 0 N–H and O–H groups in total. The first-order valence-corrected chi connectivity index (χ1v) is 7.68. The number of benzene rings is 1. The van der Waals surface area contributed by atoms with Crippen molar-refractivity contribution in [3.8, 4) is 11.6 Å². The number of halogens is 1. The van der Waals surface area contributed by atoms with E-state index in [1.807, 2.05) is 6.92 Å². The van der Waals surface area contributed by atoms with E-state index in [2.05, 4.69) is 4.98 Å². The Morgan fingerprint density at radius 3 is 2.71 bits per heavy atom. The second kappa shape index (κ2) is 8.19. The lowest BCUT2D eigenvalue weighted by Crippen LogP contribution is -2.11. The first-order chi connectivity index (χ1) is 11.6. The number of esters is 1. The fourth-order valence-electron chi connectivity index (χ4n) is 2.22. The molecule has 2 aromatic rings. The number of pyridine rings is 1. The number of nitrogens with zero attached hydrogens (tertiary/aromatic N) is 1. The van der Waals surface area contributed by atoms with Crippen LogP contribution in [0.1, 0.15) is 46.5 Å². The van der Waals surface area contributed by atoms with E-state index in [0.29, 0.717) is 6.29 Å². The Morgan fingerprint density at radius 2 is 2.08 bits per heavy atom. The topological polar surface area (TPSA) is 65.5 Å². The Labute approximate surface area is 139 Å². The molecule has 0 atom stereocenters. The third-order valence-electron chi connectivity index (χ3n) is 3.30. The van der Waals surface area contributed by atoms with Crippen molar-refractivity contribution in [2.45, 2.75) is 26.7 Å². The summed E-state index contributed by atoms with van der Waals surface area (Å²) in [5.41, 5.74) is 0.801. The number of carbonyl (C=O) groups is 2. The van der Waals surface area contributed by atoms with Crippen LogP contribution in [0.5, 0.6) is 11.6 Å². The number of hydrogen-bond acceptors (Lipinski definition) is 5. The van der Waals surface area contributed by atoms with Gasteiger partial charge >= 0.3 is 5.97 Å². The van der Waals surface area contributed by atoms with Crippen LogP contribution in [-0.4, -0.2) is 23.8 Å². The van der Waals surface area contributed by atoms with Gasteiger partial charge in [-0.15, -0.1) is 0 Å². The number of hydrogen-bond donors (Lipinski definition) is 0. The molecule has 0 aliphatic heterocycles. The lowest BCUT2D eigenvalue weighted by molar-refractivity contribution is 0.0520. The van der Waals surface area contributed by atoms with Gasteiger partial charge in [0, 0.05) is 11.8 Å². The number of carbonyl (C=O) groups excluding carboxylic acids is 2. The zero-order valence-corrected chi connectivity index (χ0v) is 13.5. The van der Waals surface area contributed by atoms with Crippen LogP contribution in [0.4, 0.5) is 4.39 Å². The largest absolute Gasteiger partial charge is 0.462 e. The molecule has 0 amide bonds. The maximum absolute atomic E-state index is 14.2. The monoisotopic (exact) mass is 331 g/mol. The standard InChI is InChI=1S/C18H18FNO4/c1-3-5-12-6-7-15(14(19)10-12)24-17-16(18(22)23-4-2)13(11-21)8-9-20-17/h6-11H,3-5H2,1-2H3. The summed E-state index contributed by atoms with van der Waals surface area (Å²) in [5.74, 6) is -1.55. The molecule has 0 fully saturated rings. The number of rotatable bonds is 7. The Hall–Kier alpha value is -2.76. The molecule has 0 spiro atoms. The summed E-state index contributed by atoms with van der Waals surface area (Å²) >= 11 is 0. The molecule has 6 heteroatoms. The van der Waals surface area contributed by atoms with Crippen molar-refractivity contribution in [3.63, 3.8) is 0 Å². The summed E-state index contributed by atoms with van der Waals surface area (Å²) in [5, 5.41) is 0. The van der Waals surface area contributed by atoms with Crippen molar-refractivity contribution >= 4 is 12.3 Å². The summed E-state index contributed by atoms with van der Waals surface area (Å²) in [6, 6.07) is 5.97. The van der Waals surface area contributed by atoms with Gasteiger partial charge in [0.1, 0.15) is 5.56 Å². The normalized spacial score (nSPS) is 10.3. The Morgan fingerprint density at radius 1 is 1.29 bits per heavy atom. The molecule has 1 aromatic heterocycles. The van der Waals surface area contributed by atoms with Gasteiger partial charge in [0.15, 0.2) is 17.9 Å². The summed E-state index contributed by atoms with van der Waals surface area (Å²) < 4.78 is 24.5. The van der Waals surface area contributed by atoms with Crippen molar-refractivity contribution in [1.29, 1.82) is 0 Å². The van der Waals surface area contributed by atoms with Gasteiger partial charge in [-0.25, -0.2) is 14.2 Å². The van der Waals surface area contributed by atoms with Crippen LogP contribution in [0.2, 0.25) is 0 Å². The van der Waals surface area contributed by atoms with Crippen LogP contribution in [0.3, 0.4) is 0 Å². The molecule has 2 rings (SSSR count). The third kappa shape index (κ3) is 3.95. The lowest BCUT2D eigenvalue weighted by atomic mass is 10.1. The Balaban J connectivity index is 2.39. The van der Waals surface area contributed by atoms with Crippen molar-refractivity contribution in [2.75, 3.05) is 6.61 Å². The molecule has 0 bridgehead atoms. The minimum Gasteiger partial charge on any atom is -0.462 e. The highest BCUT2D eigenvalue weighted by atomic mass is 19.1. The van der Waals surface area contributed by atoms with Crippen LogP contribution in [-0.2, 0) is 11.2 Å². The molecule has 0 aliphatic rings. The quantitative estimate of drug-likeness (QED) is 0.567. The highest BCUT2D eigenvalue weighted by molar-refractivity contribution is 6.00. The van der Waals surface area contributed by atoms with Gasteiger partial charge in [-0.2, -0.15) is 0 Å². The SMILES string of the molecule is CCCc1ccc(Oc2nccc(C=O)c2C(=O)OCC)c(F)c1. The molecule has 0 saturated carbocycles. The summed E-state index contributed by atoms with van der Waals surface area (Å²) in [7, 11) is 0. The minimum atomic E-state index is -0.745. The van der Waals surface area contributed by atoms with E-state index in [-0.39, 0.29) is 29.4 Å². The molecule has 1 aromatic carbocycles. The van der Waals surface area contributed by atoms with Crippen molar-refractivity contribution in [3.05, 3.63) is 53.0 Å². The van der Waals surface area contributed by atoms with Crippen LogP contribution < -0.4 is 4.74 Å². The highest BCUT2D eigenvalue weighted by Crippen LogP contribution is 2.28. The fraction of sp³-hybridized carbons (Fsp3) is 0.278. The molecular weight excluding hydrogens is 313 g/mol. The van der Waals surface area contributed by atoms with Gasteiger partial charge in [-0.3, -0.25) is 4.79 Å². The van der Waals surface area contributed by atoms with E-state index in [4.69, 9.17) is 9.47 Å². The maximum atomic E-state index is 14.2. The van der Waals surface area contributed by atoms with Gasteiger partial charge in [0.2, 0.25) is 5.88 Å². The second-order valence-corrected chi connectivity index (χ2v) is 5.04. The molecule has 24 heavy (non-hydrogen) atoms. The van der Waals surface area contributed by atoms with E-state index in [0.717, 1.165) is 18.4 Å². The minimum absolute atomic E-state index is 0.0708. The maximum Gasteiger partial charge on any atom is 0.344 e. The molecule has 126 valence electrons. The van der Waals surface area contributed by atoms with Crippen molar-refractivity contribution < 1.29 is 23.5 Å². The zero-order valence-electron chi connectivity index (χ0n) is 13.5. The van der Waals surface area contributed by atoms with E-state index >= 15 is 0 Å². The molecule has 0 unspecified atom stereocenters. The van der Waals surface area contributed by atoms with E-state index in [1.54, 1.807) is 13.0 Å². The van der Waals surface area contributed by atoms with Gasteiger partial charge in [-0.05, 0) is 37.1 Å². The molecule has 0 radical (unpaired) electrons. The predicted octanol–water partition coefficient (Wildman–Crippen LogP) is 3.95. The molecular formula is C18H18FNO4. The van der Waals surface area contributed by atoms with E-state index in [9.17, 15) is 14.0 Å². The summed E-state index contributed by atoms with van der Waals surface area (Å²) in [6.45, 7) is 3.77. The van der Waals surface area contributed by atoms with Gasteiger partial charge in [0.25, 0.3) is 0 Å². The average Bonchev–Trinajstić information content (AvgIpc) is 2.57. The number of aldehydes is 1. The summed E-state index contributed by atoms with van der Waals surface area (Å²) in [6.07, 6.45) is 3.46. The van der Waals surface area contributed by atoms with Gasteiger partial charge in [-0.1, -0.05) is 19.4 Å². The first kappa shape index (κ1) is 17.6. The summed E-state index contributed by atoms with van der Waals surface area (Å²) in [4.78, 5) is 27.2. The first-order valence-electron chi connectivity index (χ1n) is 7.68. The van der Waals surface area contributed by atoms with Crippen LogP contribution in [0.25, 0.3) is 0 Å². The average molecular weight is 331 g/mol.